The third kappa shape index (κ3) is 4.84. The van der Waals surface area contributed by atoms with Crippen molar-refractivity contribution >= 4 is 53.2 Å². The summed E-state index contributed by atoms with van der Waals surface area (Å²) in [5, 5.41) is 2.91. The summed E-state index contributed by atoms with van der Waals surface area (Å²) in [6.07, 6.45) is 0. The molecule has 1 N–H and O–H groups in total. The van der Waals surface area contributed by atoms with Gasteiger partial charge in [0.2, 0.25) is 0 Å². The van der Waals surface area contributed by atoms with Gasteiger partial charge in [-0.15, -0.1) is 0 Å². The molecule has 0 aliphatic carbocycles. The van der Waals surface area contributed by atoms with Gasteiger partial charge in [-0.3, -0.25) is 4.79 Å². The monoisotopic (exact) mass is 415 g/mol. The number of hydrogen-bond acceptors (Lipinski definition) is 3. The van der Waals surface area contributed by atoms with Crippen LogP contribution in [0.1, 0.15) is 38.1 Å². The zero-order chi connectivity index (χ0) is 16.6. The van der Waals surface area contributed by atoms with Crippen LogP contribution >= 0.6 is 38.2 Å². The van der Waals surface area contributed by atoms with Crippen molar-refractivity contribution in [2.24, 2.45) is 5.41 Å². The third-order valence-corrected chi connectivity index (χ3v) is 6.16. The summed E-state index contributed by atoms with van der Waals surface area (Å²) in [4.78, 5) is 12.0. The van der Waals surface area contributed by atoms with Crippen LogP contribution in [-0.4, -0.2) is 20.4 Å². The number of nitrogens with one attached hydrogen (secondary N) is 1. The van der Waals surface area contributed by atoms with Crippen LogP contribution in [0, 0.1) is 5.41 Å². The van der Waals surface area contributed by atoms with Crippen LogP contribution in [0.3, 0.4) is 0 Å². The molecule has 21 heavy (non-hydrogen) atoms. The van der Waals surface area contributed by atoms with Gasteiger partial charge in [0.25, 0.3) is 15.0 Å². The lowest BCUT2D eigenvalue weighted by Gasteiger charge is -2.28. The van der Waals surface area contributed by atoms with E-state index in [1.54, 1.807) is 0 Å². The lowest BCUT2D eigenvalue weighted by Crippen LogP contribution is -2.41. The molecule has 1 amide bonds. The van der Waals surface area contributed by atoms with Crippen molar-refractivity contribution in [3.05, 3.63) is 27.2 Å². The van der Waals surface area contributed by atoms with Gasteiger partial charge in [-0.05, 0) is 40.4 Å². The molecule has 118 valence electrons. The summed E-state index contributed by atoms with van der Waals surface area (Å²) in [6.45, 7) is 7.83. The van der Waals surface area contributed by atoms with Gasteiger partial charge < -0.3 is 5.32 Å². The molecule has 8 heteroatoms. The predicted octanol–water partition coefficient (Wildman–Crippen LogP) is 4.19. The van der Waals surface area contributed by atoms with E-state index in [0.29, 0.717) is 0 Å². The first-order chi connectivity index (χ1) is 9.34. The molecule has 1 aromatic rings. The van der Waals surface area contributed by atoms with Crippen molar-refractivity contribution < 1.29 is 13.2 Å². The second kappa shape index (κ2) is 6.44. The Bertz CT molecular complexity index is 669. The molecule has 0 saturated heterocycles. The molecule has 0 fully saturated rings. The topological polar surface area (TPSA) is 63.2 Å². The number of amides is 1. The van der Waals surface area contributed by atoms with Gasteiger partial charge in [0.1, 0.15) is 0 Å². The fourth-order valence-electron chi connectivity index (χ4n) is 1.37. The Balaban J connectivity index is 3.21. The van der Waals surface area contributed by atoms with Crippen LogP contribution in [0.25, 0.3) is 0 Å². The molecule has 1 unspecified atom stereocenters. The average Bonchev–Trinajstić information content (AvgIpc) is 2.29. The highest BCUT2D eigenvalue weighted by Gasteiger charge is 2.24. The van der Waals surface area contributed by atoms with E-state index >= 15 is 0 Å². The van der Waals surface area contributed by atoms with Gasteiger partial charge in [0.05, 0.1) is 14.4 Å². The Morgan fingerprint density at radius 1 is 1.33 bits per heavy atom. The van der Waals surface area contributed by atoms with E-state index < -0.39 is 15.0 Å². The highest BCUT2D eigenvalue weighted by Crippen LogP contribution is 2.33. The SMILES string of the molecule is CC(NC(=O)c1cc(Cl)c(Br)c(S(=O)(=O)Cl)c1)C(C)(C)C. The molecule has 1 rings (SSSR count). The summed E-state index contributed by atoms with van der Waals surface area (Å²) in [7, 11) is 1.33. The fraction of sp³-hybridized carbons (Fsp3) is 0.462. The van der Waals surface area contributed by atoms with Crippen molar-refractivity contribution in [2.45, 2.75) is 38.6 Å². The zero-order valence-corrected chi connectivity index (χ0v) is 15.9. The van der Waals surface area contributed by atoms with Gasteiger partial charge in [-0.1, -0.05) is 32.4 Å². The Hall–Kier alpha value is -0.300. The minimum Gasteiger partial charge on any atom is -0.349 e. The van der Waals surface area contributed by atoms with Crippen molar-refractivity contribution in [3.63, 3.8) is 0 Å². The molecule has 0 spiro atoms. The quantitative estimate of drug-likeness (QED) is 0.751. The van der Waals surface area contributed by atoms with Crippen molar-refractivity contribution in [2.75, 3.05) is 0 Å². The lowest BCUT2D eigenvalue weighted by atomic mass is 9.88. The van der Waals surface area contributed by atoms with E-state index in [2.05, 4.69) is 21.2 Å². The van der Waals surface area contributed by atoms with Crippen LogP contribution in [-0.2, 0) is 9.05 Å². The maximum atomic E-state index is 12.2. The van der Waals surface area contributed by atoms with E-state index in [1.807, 2.05) is 27.7 Å². The molecule has 0 bridgehead atoms. The minimum absolute atomic E-state index is 0.102. The van der Waals surface area contributed by atoms with Gasteiger partial charge in [-0.25, -0.2) is 8.42 Å². The normalized spacial score (nSPS) is 13.9. The predicted molar refractivity (Wildman–Crippen MR) is 88.6 cm³/mol. The molecule has 1 aromatic carbocycles. The number of carbonyl (C=O) groups excluding carboxylic acids is 1. The Morgan fingerprint density at radius 2 is 1.86 bits per heavy atom. The third-order valence-electron chi connectivity index (χ3n) is 3.17. The van der Waals surface area contributed by atoms with Crippen LogP contribution in [0.2, 0.25) is 5.02 Å². The Labute approximate surface area is 142 Å². The highest BCUT2D eigenvalue weighted by atomic mass is 79.9. The summed E-state index contributed by atoms with van der Waals surface area (Å²) in [5.74, 6) is -0.409. The summed E-state index contributed by atoms with van der Waals surface area (Å²) in [6, 6.07) is 2.48. The lowest BCUT2D eigenvalue weighted by molar-refractivity contribution is 0.0910. The smallest absolute Gasteiger partial charge is 0.262 e. The van der Waals surface area contributed by atoms with E-state index in [0.717, 1.165) is 0 Å². The van der Waals surface area contributed by atoms with Crippen LogP contribution in [0.5, 0.6) is 0 Å². The summed E-state index contributed by atoms with van der Waals surface area (Å²) in [5.41, 5.74) is 0.00876. The van der Waals surface area contributed by atoms with Gasteiger partial charge in [0.15, 0.2) is 0 Å². The van der Waals surface area contributed by atoms with E-state index in [9.17, 15) is 13.2 Å². The second-order valence-electron chi connectivity index (χ2n) is 5.77. The van der Waals surface area contributed by atoms with Gasteiger partial charge in [-0.2, -0.15) is 0 Å². The van der Waals surface area contributed by atoms with Gasteiger partial charge >= 0.3 is 0 Å². The number of rotatable bonds is 3. The molecule has 1 atom stereocenters. The summed E-state index contributed by atoms with van der Waals surface area (Å²) >= 11 is 9.00. The molecule has 0 heterocycles. The first-order valence-corrected chi connectivity index (χ1v) is 9.56. The maximum absolute atomic E-state index is 12.2. The average molecular weight is 417 g/mol. The summed E-state index contributed by atoms with van der Waals surface area (Å²) < 4.78 is 23.2. The standard InChI is InChI=1S/C13H16BrCl2NO3S/c1-7(13(2,3)4)17-12(18)8-5-9(15)11(14)10(6-8)21(16,19)20/h5-7H,1-4H3,(H,17,18). The Morgan fingerprint density at radius 3 is 2.29 bits per heavy atom. The molecule has 0 aromatic heterocycles. The van der Waals surface area contributed by atoms with E-state index in [1.165, 1.54) is 12.1 Å². The van der Waals surface area contributed by atoms with Crippen LogP contribution < -0.4 is 5.32 Å². The van der Waals surface area contributed by atoms with E-state index in [4.69, 9.17) is 22.3 Å². The molecule has 0 aliphatic rings. The number of hydrogen-bond donors (Lipinski definition) is 1. The molecule has 0 radical (unpaired) electrons. The molecule has 0 saturated carbocycles. The largest absolute Gasteiger partial charge is 0.349 e. The van der Waals surface area contributed by atoms with Crippen LogP contribution in [0.4, 0.5) is 0 Å². The first kappa shape index (κ1) is 18.7. The maximum Gasteiger partial charge on any atom is 0.262 e. The number of carbonyl (C=O) groups is 1. The highest BCUT2D eigenvalue weighted by molar-refractivity contribution is 9.10. The minimum atomic E-state index is -4.01. The number of benzene rings is 1. The van der Waals surface area contributed by atoms with Gasteiger partial charge in [0, 0.05) is 22.3 Å². The van der Waals surface area contributed by atoms with E-state index in [-0.39, 0.29) is 31.4 Å². The van der Waals surface area contributed by atoms with Crippen molar-refractivity contribution in [1.29, 1.82) is 0 Å². The molecular weight excluding hydrogens is 401 g/mol. The first-order valence-electron chi connectivity index (χ1n) is 6.08. The Kier molecular flexibility index (Phi) is 5.75. The molecule has 4 nitrogen and oxygen atoms in total. The number of halogens is 3. The fourth-order valence-corrected chi connectivity index (χ4v) is 3.75. The zero-order valence-electron chi connectivity index (χ0n) is 12.0. The molecular formula is C13H16BrCl2NO3S. The molecule has 0 aliphatic heterocycles. The van der Waals surface area contributed by atoms with Crippen molar-refractivity contribution in [1.82, 2.24) is 5.32 Å². The van der Waals surface area contributed by atoms with Crippen molar-refractivity contribution in [3.8, 4) is 0 Å². The second-order valence-corrected chi connectivity index (χ2v) is 9.50. The van der Waals surface area contributed by atoms with Crippen LogP contribution in [0.15, 0.2) is 21.5 Å².